The maximum atomic E-state index is 10.5. The van der Waals surface area contributed by atoms with Crippen LogP contribution in [0.2, 0.25) is 0 Å². The minimum absolute atomic E-state index is 0.134. The highest BCUT2D eigenvalue weighted by molar-refractivity contribution is 5.55. The predicted octanol–water partition coefficient (Wildman–Crippen LogP) is 1.62. The number of nitro benzene ring substituents is 1. The maximum Gasteiger partial charge on any atom is 0.314 e. The third-order valence-electron chi connectivity index (χ3n) is 1.64. The van der Waals surface area contributed by atoms with Crippen molar-refractivity contribution in [3.8, 4) is 11.5 Å². The van der Waals surface area contributed by atoms with Crippen molar-refractivity contribution in [1.29, 1.82) is 0 Å². The third-order valence-corrected chi connectivity index (χ3v) is 1.64. The van der Waals surface area contributed by atoms with Gasteiger partial charge < -0.3 is 9.84 Å². The Bertz CT molecular complexity index is 348. The first-order chi connectivity index (χ1) is 6.06. The third kappa shape index (κ3) is 1.69. The number of aromatic hydroxyl groups is 1. The summed E-state index contributed by atoms with van der Waals surface area (Å²) in [6.45, 7) is 1.63. The zero-order valence-corrected chi connectivity index (χ0v) is 7.27. The zero-order chi connectivity index (χ0) is 10.0. The number of hydrogen-bond acceptors (Lipinski definition) is 4. The molecule has 0 aliphatic carbocycles. The molecule has 5 nitrogen and oxygen atoms in total. The van der Waals surface area contributed by atoms with Gasteiger partial charge in [0.1, 0.15) is 5.75 Å². The van der Waals surface area contributed by atoms with E-state index in [4.69, 9.17) is 9.84 Å². The van der Waals surface area contributed by atoms with Gasteiger partial charge in [0, 0.05) is 5.56 Å². The van der Waals surface area contributed by atoms with Crippen LogP contribution in [0, 0.1) is 17.0 Å². The summed E-state index contributed by atoms with van der Waals surface area (Å²) in [5, 5.41) is 19.6. The molecule has 0 aromatic heterocycles. The summed E-state index contributed by atoms with van der Waals surface area (Å²) in [4.78, 5) is 9.91. The van der Waals surface area contributed by atoms with Gasteiger partial charge in [0.2, 0.25) is 0 Å². The first-order valence-electron chi connectivity index (χ1n) is 3.58. The Morgan fingerprint density at radius 1 is 1.54 bits per heavy atom. The summed E-state index contributed by atoms with van der Waals surface area (Å²) >= 11 is 0. The summed E-state index contributed by atoms with van der Waals surface area (Å²) in [7, 11) is 1.35. The molecular weight excluding hydrogens is 174 g/mol. The van der Waals surface area contributed by atoms with Gasteiger partial charge in [-0.05, 0) is 13.0 Å². The van der Waals surface area contributed by atoms with Crippen molar-refractivity contribution >= 4 is 5.69 Å². The second-order valence-electron chi connectivity index (χ2n) is 2.57. The molecule has 0 heterocycles. The molecule has 70 valence electrons. The van der Waals surface area contributed by atoms with Crippen molar-refractivity contribution < 1.29 is 14.8 Å². The molecule has 1 N–H and O–H groups in total. The Hall–Kier alpha value is -1.78. The first kappa shape index (κ1) is 9.31. The summed E-state index contributed by atoms with van der Waals surface area (Å²) < 4.78 is 4.84. The predicted molar refractivity (Wildman–Crippen MR) is 46.1 cm³/mol. The lowest BCUT2D eigenvalue weighted by Crippen LogP contribution is -1.95. The summed E-state index contributed by atoms with van der Waals surface area (Å²) in [5.74, 6) is 0.0489. The molecule has 0 saturated heterocycles. The van der Waals surface area contributed by atoms with Crippen LogP contribution in [0.3, 0.4) is 0 Å². The highest BCUT2D eigenvalue weighted by Gasteiger charge is 2.17. The minimum atomic E-state index is -0.592. The second kappa shape index (κ2) is 3.30. The number of hydrogen-bond donors (Lipinski definition) is 1. The van der Waals surface area contributed by atoms with Crippen molar-refractivity contribution in [2.45, 2.75) is 6.92 Å². The van der Waals surface area contributed by atoms with E-state index in [0.29, 0.717) is 5.56 Å². The highest BCUT2D eigenvalue weighted by Crippen LogP contribution is 2.33. The van der Waals surface area contributed by atoms with E-state index < -0.39 is 4.92 Å². The Morgan fingerprint density at radius 3 is 2.62 bits per heavy atom. The van der Waals surface area contributed by atoms with Gasteiger partial charge in [-0.15, -0.1) is 0 Å². The van der Waals surface area contributed by atoms with Crippen molar-refractivity contribution in [2.75, 3.05) is 7.11 Å². The van der Waals surface area contributed by atoms with Crippen LogP contribution in [0.4, 0.5) is 5.69 Å². The Balaban J connectivity index is 3.38. The van der Waals surface area contributed by atoms with Crippen molar-refractivity contribution in [3.05, 3.63) is 27.8 Å². The second-order valence-corrected chi connectivity index (χ2v) is 2.57. The molecule has 0 aliphatic heterocycles. The molecule has 1 aromatic carbocycles. The standard InChI is InChI=1S/C8H9NO4/c1-5-3-6(10)4-7(9(11)12)8(5)13-2/h3-4,10H,1-2H3. The Morgan fingerprint density at radius 2 is 2.15 bits per heavy atom. The number of rotatable bonds is 2. The molecule has 0 aliphatic rings. The zero-order valence-electron chi connectivity index (χ0n) is 7.27. The van der Waals surface area contributed by atoms with Crippen molar-refractivity contribution in [2.24, 2.45) is 0 Å². The van der Waals surface area contributed by atoms with Gasteiger partial charge in [0.25, 0.3) is 0 Å². The van der Waals surface area contributed by atoms with Gasteiger partial charge >= 0.3 is 5.69 Å². The molecule has 0 spiro atoms. The van der Waals surface area contributed by atoms with E-state index in [-0.39, 0.29) is 17.2 Å². The molecular formula is C8H9NO4. The lowest BCUT2D eigenvalue weighted by molar-refractivity contribution is -0.385. The van der Waals surface area contributed by atoms with E-state index >= 15 is 0 Å². The summed E-state index contributed by atoms with van der Waals surface area (Å²) in [6.07, 6.45) is 0. The van der Waals surface area contributed by atoms with Gasteiger partial charge in [-0.2, -0.15) is 0 Å². The van der Waals surface area contributed by atoms with E-state index in [2.05, 4.69) is 0 Å². The van der Waals surface area contributed by atoms with Crippen LogP contribution >= 0.6 is 0 Å². The van der Waals surface area contributed by atoms with E-state index in [1.165, 1.54) is 13.2 Å². The van der Waals surface area contributed by atoms with E-state index in [9.17, 15) is 10.1 Å². The Kier molecular flexibility index (Phi) is 2.36. The molecule has 0 unspecified atom stereocenters. The smallest absolute Gasteiger partial charge is 0.314 e. The van der Waals surface area contributed by atoms with Gasteiger partial charge in [-0.25, -0.2) is 0 Å². The molecule has 0 fully saturated rings. The van der Waals surface area contributed by atoms with Crippen LogP contribution in [0.5, 0.6) is 11.5 Å². The fourth-order valence-corrected chi connectivity index (χ4v) is 1.14. The number of phenols is 1. The largest absolute Gasteiger partial charge is 0.508 e. The number of methoxy groups -OCH3 is 1. The fraction of sp³-hybridized carbons (Fsp3) is 0.250. The first-order valence-corrected chi connectivity index (χ1v) is 3.58. The number of nitrogens with zero attached hydrogens (tertiary/aromatic N) is 1. The number of ether oxygens (including phenoxy) is 1. The van der Waals surface area contributed by atoms with Crippen molar-refractivity contribution in [3.63, 3.8) is 0 Å². The molecule has 0 radical (unpaired) electrons. The van der Waals surface area contributed by atoms with Crippen LogP contribution in [0.15, 0.2) is 12.1 Å². The molecule has 0 atom stereocenters. The topological polar surface area (TPSA) is 72.6 Å². The molecule has 0 saturated carbocycles. The molecule has 0 bridgehead atoms. The molecule has 0 amide bonds. The Labute approximate surface area is 74.7 Å². The molecule has 5 heteroatoms. The highest BCUT2D eigenvalue weighted by atomic mass is 16.6. The molecule has 13 heavy (non-hydrogen) atoms. The number of nitro groups is 1. The number of aryl methyl sites for hydroxylation is 1. The maximum absolute atomic E-state index is 10.5. The minimum Gasteiger partial charge on any atom is -0.508 e. The summed E-state index contributed by atoms with van der Waals surface area (Å²) in [6, 6.07) is 2.47. The normalized spacial score (nSPS) is 9.69. The average Bonchev–Trinajstić information content (AvgIpc) is 2.02. The molecule has 1 rings (SSSR count). The SMILES string of the molecule is COc1c(C)cc(O)cc1[N+](=O)[O-]. The van der Waals surface area contributed by atoms with Gasteiger partial charge in [-0.3, -0.25) is 10.1 Å². The molecule has 1 aromatic rings. The van der Waals surface area contributed by atoms with Gasteiger partial charge in [0.15, 0.2) is 5.75 Å². The van der Waals surface area contributed by atoms with E-state index in [0.717, 1.165) is 6.07 Å². The van der Waals surface area contributed by atoms with Crippen LogP contribution < -0.4 is 4.74 Å². The fourth-order valence-electron chi connectivity index (χ4n) is 1.14. The number of phenolic OH excluding ortho intramolecular Hbond substituents is 1. The average molecular weight is 183 g/mol. The lowest BCUT2D eigenvalue weighted by atomic mass is 10.2. The van der Waals surface area contributed by atoms with Crippen LogP contribution in [-0.4, -0.2) is 17.1 Å². The van der Waals surface area contributed by atoms with Crippen LogP contribution in [-0.2, 0) is 0 Å². The van der Waals surface area contributed by atoms with E-state index in [1.807, 2.05) is 0 Å². The van der Waals surface area contributed by atoms with Crippen LogP contribution in [0.25, 0.3) is 0 Å². The van der Waals surface area contributed by atoms with Gasteiger partial charge in [0.05, 0.1) is 18.1 Å². The van der Waals surface area contributed by atoms with Crippen LogP contribution in [0.1, 0.15) is 5.56 Å². The summed E-state index contributed by atoms with van der Waals surface area (Å²) in [5.41, 5.74) is 0.314. The monoisotopic (exact) mass is 183 g/mol. The number of benzene rings is 1. The van der Waals surface area contributed by atoms with Crippen molar-refractivity contribution in [1.82, 2.24) is 0 Å². The lowest BCUT2D eigenvalue weighted by Gasteiger charge is -2.05. The van der Waals surface area contributed by atoms with E-state index in [1.54, 1.807) is 6.92 Å². The quantitative estimate of drug-likeness (QED) is 0.558. The van der Waals surface area contributed by atoms with Gasteiger partial charge in [-0.1, -0.05) is 0 Å².